The summed E-state index contributed by atoms with van der Waals surface area (Å²) in [4.78, 5) is 18.0. The predicted molar refractivity (Wildman–Crippen MR) is 87.6 cm³/mol. The van der Waals surface area contributed by atoms with Crippen LogP contribution in [0.4, 0.5) is 0 Å². The summed E-state index contributed by atoms with van der Waals surface area (Å²) in [6, 6.07) is 3.83. The molecule has 1 aromatic rings. The lowest BCUT2D eigenvalue weighted by atomic mass is 10.1. The van der Waals surface area contributed by atoms with Crippen molar-refractivity contribution in [2.24, 2.45) is 0 Å². The Morgan fingerprint density at radius 1 is 1.43 bits per heavy atom. The molecule has 7 heteroatoms. The van der Waals surface area contributed by atoms with Crippen LogP contribution in [0, 0.1) is 0 Å². The highest BCUT2D eigenvalue weighted by Gasteiger charge is 2.32. The van der Waals surface area contributed by atoms with Crippen LogP contribution in [0.1, 0.15) is 32.3 Å². The monoisotopic (exact) mass is 340 g/mol. The number of pyridine rings is 1. The number of amides is 1. The molecule has 0 aromatic carbocycles. The maximum atomic E-state index is 12.3. The molecule has 1 atom stereocenters. The van der Waals surface area contributed by atoms with Gasteiger partial charge in [-0.2, -0.15) is 0 Å². The van der Waals surface area contributed by atoms with E-state index in [1.807, 2.05) is 12.1 Å². The molecule has 2 rings (SSSR count). The smallest absolute Gasteiger partial charge is 0.240 e. The number of ether oxygens (including phenoxy) is 1. The first kappa shape index (κ1) is 17.9. The highest BCUT2D eigenvalue weighted by atomic mass is 32.2. The third-order valence-corrected chi connectivity index (χ3v) is 6.33. The summed E-state index contributed by atoms with van der Waals surface area (Å²) in [5, 5.41) is -0.958. The van der Waals surface area contributed by atoms with Gasteiger partial charge in [0.15, 0.2) is 9.84 Å². The predicted octanol–water partition coefficient (Wildman–Crippen LogP) is 1.41. The summed E-state index contributed by atoms with van der Waals surface area (Å²) >= 11 is 0. The van der Waals surface area contributed by atoms with Crippen molar-refractivity contribution in [3.05, 3.63) is 30.1 Å². The summed E-state index contributed by atoms with van der Waals surface area (Å²) in [6.45, 7) is 4.64. The van der Waals surface area contributed by atoms with Crippen LogP contribution in [0.15, 0.2) is 24.5 Å². The second-order valence-electron chi connectivity index (χ2n) is 5.79. The minimum absolute atomic E-state index is 0.00933. The van der Waals surface area contributed by atoms with Crippen LogP contribution < -0.4 is 0 Å². The van der Waals surface area contributed by atoms with Crippen molar-refractivity contribution in [3.63, 3.8) is 0 Å². The summed E-state index contributed by atoms with van der Waals surface area (Å²) in [6.07, 6.45) is 5.04. The molecule has 1 unspecified atom stereocenters. The molecule has 0 N–H and O–H groups in total. The maximum Gasteiger partial charge on any atom is 0.240 e. The van der Waals surface area contributed by atoms with E-state index < -0.39 is 15.1 Å². The molecule has 1 aliphatic rings. The molecule has 6 nitrogen and oxygen atoms in total. The quantitative estimate of drug-likeness (QED) is 0.782. The first-order valence-corrected chi connectivity index (χ1v) is 9.66. The number of carbonyl (C=O) groups excluding carboxylic acids is 1. The molecule has 1 saturated heterocycles. The van der Waals surface area contributed by atoms with Gasteiger partial charge in [-0.15, -0.1) is 0 Å². The highest BCUT2D eigenvalue weighted by Crippen LogP contribution is 2.18. The van der Waals surface area contributed by atoms with Gasteiger partial charge in [0.1, 0.15) is 5.25 Å². The van der Waals surface area contributed by atoms with Gasteiger partial charge in [0.2, 0.25) is 5.91 Å². The molecule has 23 heavy (non-hydrogen) atoms. The molecule has 2 heterocycles. The molecule has 0 radical (unpaired) electrons. The van der Waals surface area contributed by atoms with Crippen molar-refractivity contribution in [3.8, 4) is 0 Å². The second kappa shape index (κ2) is 7.88. The van der Waals surface area contributed by atoms with Gasteiger partial charge in [0, 0.05) is 31.2 Å². The number of rotatable bonds is 6. The molecule has 1 amide bonds. The second-order valence-corrected chi connectivity index (χ2v) is 8.40. The van der Waals surface area contributed by atoms with Crippen molar-refractivity contribution in [2.75, 3.05) is 18.8 Å². The van der Waals surface area contributed by atoms with Crippen LogP contribution in [0.2, 0.25) is 0 Å². The molecule has 0 bridgehead atoms. The summed E-state index contributed by atoms with van der Waals surface area (Å²) in [5.41, 5.74) is 1.02. The van der Waals surface area contributed by atoms with Gasteiger partial charge in [-0.3, -0.25) is 9.78 Å². The van der Waals surface area contributed by atoms with E-state index in [-0.39, 0.29) is 17.8 Å². The van der Waals surface area contributed by atoms with E-state index in [9.17, 15) is 13.2 Å². The third kappa shape index (κ3) is 4.75. The van der Waals surface area contributed by atoms with Crippen molar-refractivity contribution < 1.29 is 17.9 Å². The normalized spacial score (nSPS) is 17.9. The number of nitrogens with zero attached hydrogens (tertiary/aromatic N) is 2. The fourth-order valence-electron chi connectivity index (χ4n) is 2.60. The van der Waals surface area contributed by atoms with Crippen molar-refractivity contribution >= 4 is 15.7 Å². The zero-order chi connectivity index (χ0) is 16.9. The fourth-order valence-corrected chi connectivity index (χ4v) is 3.56. The third-order valence-electron chi connectivity index (χ3n) is 4.25. The van der Waals surface area contributed by atoms with E-state index in [0.29, 0.717) is 19.7 Å². The number of hydrogen-bond acceptors (Lipinski definition) is 5. The lowest BCUT2D eigenvalue weighted by Gasteiger charge is -2.33. The van der Waals surface area contributed by atoms with Gasteiger partial charge >= 0.3 is 0 Å². The Labute approximate surface area is 137 Å². The van der Waals surface area contributed by atoms with Gasteiger partial charge in [-0.05, 0) is 31.4 Å². The summed E-state index contributed by atoms with van der Waals surface area (Å²) < 4.78 is 29.5. The number of hydrogen-bond donors (Lipinski definition) is 0. The van der Waals surface area contributed by atoms with Crippen LogP contribution >= 0.6 is 0 Å². The summed E-state index contributed by atoms with van der Waals surface area (Å²) in [7, 11) is -3.34. The molecular formula is C16H24N2O4S. The first-order valence-electron chi connectivity index (χ1n) is 7.95. The number of aromatic nitrogens is 1. The molecule has 128 valence electrons. The van der Waals surface area contributed by atoms with Crippen molar-refractivity contribution in [1.29, 1.82) is 0 Å². The molecule has 1 aliphatic heterocycles. The largest absolute Gasteiger partial charge is 0.373 e. The zero-order valence-corrected chi connectivity index (χ0v) is 14.5. The Balaban J connectivity index is 1.80. The Bertz CT molecular complexity index is 610. The van der Waals surface area contributed by atoms with Crippen LogP contribution in [0.3, 0.4) is 0 Å². The number of piperidine rings is 1. The molecule has 0 spiro atoms. The average molecular weight is 340 g/mol. The van der Waals surface area contributed by atoms with Crippen LogP contribution in [0.25, 0.3) is 0 Å². The van der Waals surface area contributed by atoms with Crippen LogP contribution in [-0.2, 0) is 26.0 Å². The van der Waals surface area contributed by atoms with Crippen LogP contribution in [-0.4, -0.2) is 54.4 Å². The molecule has 0 saturated carbocycles. The van der Waals surface area contributed by atoms with E-state index in [0.717, 1.165) is 18.4 Å². The topological polar surface area (TPSA) is 76.6 Å². The number of likely N-dealkylation sites (tertiary alicyclic amines) is 1. The maximum absolute atomic E-state index is 12.3. The van der Waals surface area contributed by atoms with E-state index in [2.05, 4.69) is 4.98 Å². The van der Waals surface area contributed by atoms with Gasteiger partial charge in [-0.1, -0.05) is 13.0 Å². The Hall–Kier alpha value is -1.47. The highest BCUT2D eigenvalue weighted by molar-refractivity contribution is 7.92. The Kier molecular flexibility index (Phi) is 6.12. The first-order chi connectivity index (χ1) is 10.9. The lowest BCUT2D eigenvalue weighted by Crippen LogP contribution is -2.47. The van der Waals surface area contributed by atoms with Crippen LogP contribution in [0.5, 0.6) is 0 Å². The van der Waals surface area contributed by atoms with Crippen molar-refractivity contribution in [1.82, 2.24) is 9.88 Å². The van der Waals surface area contributed by atoms with Gasteiger partial charge in [0.25, 0.3) is 0 Å². The number of sulfone groups is 1. The Morgan fingerprint density at radius 3 is 2.70 bits per heavy atom. The van der Waals surface area contributed by atoms with Gasteiger partial charge < -0.3 is 9.64 Å². The summed E-state index contributed by atoms with van der Waals surface area (Å²) in [5.74, 6) is -0.303. The Morgan fingerprint density at radius 2 is 2.13 bits per heavy atom. The van der Waals surface area contributed by atoms with Crippen molar-refractivity contribution in [2.45, 2.75) is 44.6 Å². The molecule has 1 fully saturated rings. The fraction of sp³-hybridized carbons (Fsp3) is 0.625. The number of carbonyl (C=O) groups is 1. The molecule has 1 aromatic heterocycles. The minimum atomic E-state index is -3.34. The minimum Gasteiger partial charge on any atom is -0.373 e. The molecule has 0 aliphatic carbocycles. The van der Waals surface area contributed by atoms with Gasteiger partial charge in [-0.25, -0.2) is 8.42 Å². The van der Waals surface area contributed by atoms with Gasteiger partial charge in [0.05, 0.1) is 12.7 Å². The zero-order valence-electron chi connectivity index (χ0n) is 13.6. The lowest BCUT2D eigenvalue weighted by molar-refractivity contribution is -0.133. The van der Waals surface area contributed by atoms with E-state index in [1.54, 1.807) is 24.2 Å². The van der Waals surface area contributed by atoms with E-state index >= 15 is 0 Å². The standard InChI is InChI=1S/C16H24N2O4S/c1-3-23(20,21)13(2)16(19)18-9-6-15(7-10-18)22-12-14-5-4-8-17-11-14/h4-5,8,11,13,15H,3,6-7,9-10,12H2,1-2H3. The SMILES string of the molecule is CCS(=O)(=O)C(C)C(=O)N1CCC(OCc2cccnc2)CC1. The van der Waals surface area contributed by atoms with E-state index in [1.165, 1.54) is 6.92 Å². The van der Waals surface area contributed by atoms with E-state index in [4.69, 9.17) is 4.74 Å². The average Bonchev–Trinajstić information content (AvgIpc) is 2.60. The molecular weight excluding hydrogens is 316 g/mol.